The van der Waals surface area contributed by atoms with E-state index in [-0.39, 0.29) is 0 Å². The van der Waals surface area contributed by atoms with E-state index >= 15 is 0 Å². The minimum Gasteiger partial charge on any atom is -0.381 e. The number of ether oxygens (including phenoxy) is 1. The van der Waals surface area contributed by atoms with Crippen molar-refractivity contribution in [3.63, 3.8) is 0 Å². The van der Waals surface area contributed by atoms with E-state index in [1.807, 2.05) is 11.8 Å². The van der Waals surface area contributed by atoms with Gasteiger partial charge in [-0.1, -0.05) is 26.0 Å². The molecule has 0 spiro atoms. The lowest BCUT2D eigenvalue weighted by Crippen LogP contribution is -2.13. The number of rotatable bonds is 10. The van der Waals surface area contributed by atoms with Gasteiger partial charge in [0, 0.05) is 23.8 Å². The first-order valence-electron chi connectivity index (χ1n) is 6.87. The van der Waals surface area contributed by atoms with Crippen molar-refractivity contribution in [3.05, 3.63) is 29.8 Å². The fourth-order valence-electron chi connectivity index (χ4n) is 1.58. The van der Waals surface area contributed by atoms with Crippen LogP contribution in [0, 0.1) is 0 Å². The highest BCUT2D eigenvalue weighted by molar-refractivity contribution is 7.99. The highest BCUT2D eigenvalue weighted by Crippen LogP contribution is 2.18. The number of hydrogen-bond donors (Lipinski definition) is 1. The fraction of sp³-hybridized carbons (Fsp3) is 0.600. The summed E-state index contributed by atoms with van der Waals surface area (Å²) in [5, 5.41) is 3.41. The van der Waals surface area contributed by atoms with Gasteiger partial charge < -0.3 is 10.1 Å². The Kier molecular flexibility index (Phi) is 9.00. The summed E-state index contributed by atoms with van der Waals surface area (Å²) in [6.07, 6.45) is 2.29. The van der Waals surface area contributed by atoms with Gasteiger partial charge in [-0.15, -0.1) is 11.8 Å². The van der Waals surface area contributed by atoms with Crippen molar-refractivity contribution >= 4 is 11.8 Å². The highest BCUT2D eigenvalue weighted by atomic mass is 32.2. The molecule has 0 atom stereocenters. The molecule has 0 saturated heterocycles. The van der Waals surface area contributed by atoms with Crippen molar-refractivity contribution in [1.82, 2.24) is 5.32 Å². The van der Waals surface area contributed by atoms with Gasteiger partial charge >= 0.3 is 0 Å². The Bertz CT molecular complexity index is 300. The maximum absolute atomic E-state index is 5.46. The van der Waals surface area contributed by atoms with Gasteiger partial charge in [-0.25, -0.2) is 0 Å². The van der Waals surface area contributed by atoms with Gasteiger partial charge in [0.15, 0.2) is 0 Å². The predicted octanol–water partition coefficient (Wildman–Crippen LogP) is 3.70. The summed E-state index contributed by atoms with van der Waals surface area (Å²) in [5.74, 6) is 1.04. The SMILES string of the molecule is CCCNCc1ccc(SCCOCCC)cc1. The van der Waals surface area contributed by atoms with Crippen LogP contribution in [0.3, 0.4) is 0 Å². The minimum absolute atomic E-state index is 0.846. The largest absolute Gasteiger partial charge is 0.381 e. The summed E-state index contributed by atoms with van der Waals surface area (Å²) in [5.41, 5.74) is 1.36. The van der Waals surface area contributed by atoms with Crippen molar-refractivity contribution in [3.8, 4) is 0 Å². The second-order valence-corrected chi connectivity index (χ2v) is 5.45. The third-order valence-electron chi connectivity index (χ3n) is 2.52. The first-order valence-corrected chi connectivity index (χ1v) is 7.85. The van der Waals surface area contributed by atoms with Gasteiger partial charge in [-0.2, -0.15) is 0 Å². The zero-order chi connectivity index (χ0) is 13.1. The molecule has 0 aliphatic carbocycles. The molecule has 0 unspecified atom stereocenters. The van der Waals surface area contributed by atoms with Crippen LogP contribution in [-0.4, -0.2) is 25.5 Å². The Hall–Kier alpha value is -0.510. The molecule has 1 aromatic rings. The Morgan fingerprint density at radius 1 is 1.06 bits per heavy atom. The summed E-state index contributed by atoms with van der Waals surface area (Å²) < 4.78 is 5.46. The van der Waals surface area contributed by atoms with Crippen LogP contribution in [0.2, 0.25) is 0 Å². The number of hydrogen-bond acceptors (Lipinski definition) is 3. The molecule has 0 saturated carbocycles. The maximum atomic E-state index is 5.46. The third-order valence-corrected chi connectivity index (χ3v) is 3.50. The lowest BCUT2D eigenvalue weighted by Gasteiger charge is -2.06. The topological polar surface area (TPSA) is 21.3 Å². The van der Waals surface area contributed by atoms with Gasteiger partial charge in [0.25, 0.3) is 0 Å². The first kappa shape index (κ1) is 15.5. The molecule has 0 aliphatic rings. The molecule has 1 N–H and O–H groups in total. The fourth-order valence-corrected chi connectivity index (χ4v) is 2.34. The second-order valence-electron chi connectivity index (χ2n) is 4.28. The molecule has 2 nitrogen and oxygen atoms in total. The van der Waals surface area contributed by atoms with E-state index in [1.54, 1.807) is 0 Å². The van der Waals surface area contributed by atoms with Crippen LogP contribution in [0.4, 0.5) is 0 Å². The first-order chi connectivity index (χ1) is 8.86. The maximum Gasteiger partial charge on any atom is 0.0560 e. The number of thioether (sulfide) groups is 1. The zero-order valence-corrected chi connectivity index (χ0v) is 12.4. The van der Waals surface area contributed by atoms with Crippen molar-refractivity contribution < 1.29 is 4.74 Å². The molecule has 0 bridgehead atoms. The van der Waals surface area contributed by atoms with E-state index in [0.717, 1.165) is 38.5 Å². The van der Waals surface area contributed by atoms with Crippen LogP contribution >= 0.6 is 11.8 Å². The Morgan fingerprint density at radius 2 is 1.83 bits per heavy atom. The Balaban J connectivity index is 2.19. The monoisotopic (exact) mass is 267 g/mol. The smallest absolute Gasteiger partial charge is 0.0560 e. The number of nitrogens with one attached hydrogen (secondary N) is 1. The van der Waals surface area contributed by atoms with E-state index in [9.17, 15) is 0 Å². The number of benzene rings is 1. The van der Waals surface area contributed by atoms with Crippen LogP contribution in [0.25, 0.3) is 0 Å². The van der Waals surface area contributed by atoms with Crippen LogP contribution in [0.15, 0.2) is 29.2 Å². The summed E-state index contributed by atoms with van der Waals surface area (Å²) >= 11 is 1.86. The molecule has 1 rings (SSSR count). The zero-order valence-electron chi connectivity index (χ0n) is 11.6. The standard InChI is InChI=1S/C15H25NOS/c1-3-9-16-13-14-5-7-15(8-6-14)18-12-11-17-10-4-2/h5-8,16H,3-4,9-13H2,1-2H3. The van der Waals surface area contributed by atoms with Gasteiger partial charge in [-0.05, 0) is 37.1 Å². The lowest BCUT2D eigenvalue weighted by molar-refractivity contribution is 0.151. The van der Waals surface area contributed by atoms with E-state index in [0.29, 0.717) is 0 Å². The lowest BCUT2D eigenvalue weighted by atomic mass is 10.2. The van der Waals surface area contributed by atoms with Gasteiger partial charge in [0.05, 0.1) is 6.61 Å². The summed E-state index contributed by atoms with van der Waals surface area (Å²) in [4.78, 5) is 1.33. The van der Waals surface area contributed by atoms with Crippen molar-refractivity contribution in [1.29, 1.82) is 0 Å². The Morgan fingerprint density at radius 3 is 2.50 bits per heavy atom. The minimum atomic E-state index is 0.846. The molecule has 0 heterocycles. The highest BCUT2D eigenvalue weighted by Gasteiger charge is 1.96. The summed E-state index contributed by atoms with van der Waals surface area (Å²) in [6.45, 7) is 8.11. The summed E-state index contributed by atoms with van der Waals surface area (Å²) in [7, 11) is 0. The third kappa shape index (κ3) is 7.04. The average molecular weight is 267 g/mol. The molecule has 18 heavy (non-hydrogen) atoms. The molecule has 0 aliphatic heterocycles. The molecule has 0 radical (unpaired) electrons. The molecule has 1 aromatic carbocycles. The van der Waals surface area contributed by atoms with E-state index in [1.165, 1.54) is 16.9 Å². The molecule has 0 aromatic heterocycles. The Labute approximate surface area is 116 Å². The second kappa shape index (κ2) is 10.4. The molecule has 3 heteroatoms. The summed E-state index contributed by atoms with van der Waals surface area (Å²) in [6, 6.07) is 8.82. The van der Waals surface area contributed by atoms with Crippen LogP contribution in [0.1, 0.15) is 32.3 Å². The molecular formula is C15H25NOS. The molecule has 0 amide bonds. The van der Waals surface area contributed by atoms with E-state index < -0.39 is 0 Å². The van der Waals surface area contributed by atoms with Gasteiger partial charge in [-0.3, -0.25) is 0 Å². The average Bonchev–Trinajstić information content (AvgIpc) is 2.40. The predicted molar refractivity (Wildman–Crippen MR) is 80.3 cm³/mol. The van der Waals surface area contributed by atoms with Gasteiger partial charge in [0.1, 0.15) is 0 Å². The molecule has 0 fully saturated rings. The van der Waals surface area contributed by atoms with E-state index in [4.69, 9.17) is 4.74 Å². The van der Waals surface area contributed by atoms with Crippen LogP contribution < -0.4 is 5.32 Å². The molecule has 102 valence electrons. The normalized spacial score (nSPS) is 10.8. The quantitative estimate of drug-likeness (QED) is 0.516. The van der Waals surface area contributed by atoms with Crippen LogP contribution in [-0.2, 0) is 11.3 Å². The van der Waals surface area contributed by atoms with Gasteiger partial charge in [0.2, 0.25) is 0 Å². The van der Waals surface area contributed by atoms with Crippen LogP contribution in [0.5, 0.6) is 0 Å². The van der Waals surface area contributed by atoms with Crippen molar-refractivity contribution in [2.45, 2.75) is 38.1 Å². The van der Waals surface area contributed by atoms with Crippen molar-refractivity contribution in [2.24, 2.45) is 0 Å². The van der Waals surface area contributed by atoms with Crippen molar-refractivity contribution in [2.75, 3.05) is 25.5 Å². The van der Waals surface area contributed by atoms with E-state index in [2.05, 4.69) is 43.4 Å². The molecular weight excluding hydrogens is 242 g/mol.